The molecule has 32 heavy (non-hydrogen) atoms. The van der Waals surface area contributed by atoms with Crippen LogP contribution >= 0.6 is 0 Å². The van der Waals surface area contributed by atoms with E-state index in [0.29, 0.717) is 61.0 Å². The van der Waals surface area contributed by atoms with Gasteiger partial charge in [-0.15, -0.1) is 0 Å². The molecule has 1 aromatic carbocycles. The maximum Gasteiger partial charge on any atom is 0.257 e. The van der Waals surface area contributed by atoms with Crippen molar-refractivity contribution in [3.05, 3.63) is 35.5 Å². The van der Waals surface area contributed by atoms with E-state index < -0.39 is 0 Å². The maximum absolute atomic E-state index is 13.1. The first kappa shape index (κ1) is 22.5. The Morgan fingerprint density at radius 3 is 2.75 bits per heavy atom. The molecule has 1 spiro atoms. The topological polar surface area (TPSA) is 96.2 Å². The van der Waals surface area contributed by atoms with Crippen LogP contribution in [0.3, 0.4) is 0 Å². The third-order valence-electron chi connectivity index (χ3n) is 6.44. The van der Waals surface area contributed by atoms with Crippen LogP contribution in [-0.4, -0.2) is 67.6 Å². The molecular formula is C23H31N3O6. The number of carbonyl (C=O) groups excluding carboxylic acids is 1. The van der Waals surface area contributed by atoms with E-state index in [9.17, 15) is 4.79 Å². The summed E-state index contributed by atoms with van der Waals surface area (Å²) in [6.45, 7) is 2.37. The van der Waals surface area contributed by atoms with Crippen molar-refractivity contribution in [3.63, 3.8) is 0 Å². The lowest BCUT2D eigenvalue weighted by atomic mass is 9.78. The van der Waals surface area contributed by atoms with Crippen LogP contribution in [0.4, 0.5) is 0 Å². The van der Waals surface area contributed by atoms with E-state index in [1.54, 1.807) is 39.5 Å². The van der Waals surface area contributed by atoms with E-state index in [2.05, 4.69) is 10.1 Å². The van der Waals surface area contributed by atoms with Gasteiger partial charge in [0.25, 0.3) is 5.91 Å². The summed E-state index contributed by atoms with van der Waals surface area (Å²) in [6, 6.07) is 5.29. The Morgan fingerprint density at radius 1 is 1.22 bits per heavy atom. The fourth-order valence-electron chi connectivity index (χ4n) is 4.72. The average molecular weight is 446 g/mol. The van der Waals surface area contributed by atoms with Gasteiger partial charge in [0.1, 0.15) is 18.1 Å². The molecule has 0 saturated carbocycles. The molecule has 0 N–H and O–H groups in total. The highest BCUT2D eigenvalue weighted by atomic mass is 16.5. The predicted molar refractivity (Wildman–Crippen MR) is 115 cm³/mol. The van der Waals surface area contributed by atoms with Crippen LogP contribution in [0.15, 0.2) is 22.7 Å². The van der Waals surface area contributed by atoms with Crippen LogP contribution in [0.2, 0.25) is 0 Å². The van der Waals surface area contributed by atoms with Gasteiger partial charge in [-0.1, -0.05) is 5.16 Å². The fraction of sp³-hybridized carbons (Fsp3) is 0.609. The van der Waals surface area contributed by atoms with Gasteiger partial charge in [-0.05, 0) is 43.7 Å². The Bertz CT molecular complexity index is 922. The van der Waals surface area contributed by atoms with Crippen LogP contribution < -0.4 is 9.47 Å². The number of carbonyl (C=O) groups is 1. The second-order valence-corrected chi connectivity index (χ2v) is 8.49. The van der Waals surface area contributed by atoms with E-state index in [0.717, 1.165) is 32.1 Å². The zero-order valence-electron chi connectivity index (χ0n) is 19.0. The Kier molecular flexibility index (Phi) is 6.95. The lowest BCUT2D eigenvalue weighted by molar-refractivity contribution is -0.124. The first-order valence-corrected chi connectivity index (χ1v) is 11.0. The Morgan fingerprint density at radius 2 is 2.03 bits per heavy atom. The van der Waals surface area contributed by atoms with Crippen molar-refractivity contribution in [1.29, 1.82) is 0 Å². The number of ether oxygens (including phenoxy) is 4. The molecule has 1 atom stereocenters. The number of hydrogen-bond acceptors (Lipinski definition) is 8. The maximum atomic E-state index is 13.1. The van der Waals surface area contributed by atoms with Gasteiger partial charge in [-0.3, -0.25) is 4.79 Å². The van der Waals surface area contributed by atoms with E-state index in [-0.39, 0.29) is 11.5 Å². The molecule has 9 heteroatoms. The smallest absolute Gasteiger partial charge is 0.257 e. The Labute approximate surface area is 188 Å². The molecule has 174 valence electrons. The molecule has 2 aromatic rings. The number of benzene rings is 1. The molecule has 3 heterocycles. The lowest BCUT2D eigenvalue weighted by Gasteiger charge is -2.46. The molecule has 0 radical (unpaired) electrons. The first-order valence-electron chi connectivity index (χ1n) is 11.0. The number of hydrogen-bond donors (Lipinski definition) is 0. The molecule has 2 aliphatic heterocycles. The lowest BCUT2D eigenvalue weighted by Crippen LogP contribution is -2.51. The number of amides is 1. The van der Waals surface area contributed by atoms with Crippen molar-refractivity contribution in [2.45, 2.75) is 44.3 Å². The Hall–Kier alpha value is -2.65. The minimum atomic E-state index is -0.195. The van der Waals surface area contributed by atoms with Crippen LogP contribution in [0.25, 0.3) is 0 Å². The Balaban J connectivity index is 1.36. The predicted octanol–water partition coefficient (Wildman–Crippen LogP) is 2.88. The SMILES string of the molecule is COCc1noc(CC2CCOC3(CCN(C(=O)c4ccc(OC)cc4OC)CC3)C2)n1. The molecule has 1 unspecified atom stereocenters. The quantitative estimate of drug-likeness (QED) is 0.642. The van der Waals surface area contributed by atoms with Gasteiger partial charge >= 0.3 is 0 Å². The van der Waals surface area contributed by atoms with Crippen LogP contribution in [0.5, 0.6) is 11.5 Å². The summed E-state index contributed by atoms with van der Waals surface area (Å²) in [4.78, 5) is 19.4. The largest absolute Gasteiger partial charge is 0.497 e. The zero-order chi connectivity index (χ0) is 22.6. The highest BCUT2D eigenvalue weighted by Gasteiger charge is 2.41. The number of likely N-dealkylation sites (tertiary alicyclic amines) is 1. The number of methoxy groups -OCH3 is 3. The standard InChI is InChI=1S/C23H31N3O6/c1-28-15-20-24-21(32-25-20)12-16-6-11-31-23(14-16)7-9-26(10-8-23)22(27)18-5-4-17(29-2)13-19(18)30-3/h4-5,13,16H,6-12,14-15H2,1-3H3. The third kappa shape index (κ3) is 4.88. The molecule has 0 bridgehead atoms. The van der Waals surface area contributed by atoms with Crippen molar-refractivity contribution in [2.24, 2.45) is 5.92 Å². The molecule has 9 nitrogen and oxygen atoms in total. The highest BCUT2D eigenvalue weighted by Crippen LogP contribution is 2.39. The summed E-state index contributed by atoms with van der Waals surface area (Å²) >= 11 is 0. The van der Waals surface area contributed by atoms with Gasteiger partial charge in [0.15, 0.2) is 5.82 Å². The van der Waals surface area contributed by atoms with Gasteiger partial charge in [-0.25, -0.2) is 0 Å². The third-order valence-corrected chi connectivity index (χ3v) is 6.44. The summed E-state index contributed by atoms with van der Waals surface area (Å²) in [5.41, 5.74) is 0.356. The average Bonchev–Trinajstić information content (AvgIpc) is 3.25. The van der Waals surface area contributed by atoms with Crippen LogP contribution in [0, 0.1) is 5.92 Å². The number of aromatic nitrogens is 2. The van der Waals surface area contributed by atoms with Gasteiger partial charge in [0.05, 0.1) is 25.4 Å². The minimum Gasteiger partial charge on any atom is -0.497 e. The zero-order valence-corrected chi connectivity index (χ0v) is 19.0. The first-order chi connectivity index (χ1) is 15.6. The number of rotatable bonds is 7. The number of nitrogens with zero attached hydrogens (tertiary/aromatic N) is 3. The van der Waals surface area contributed by atoms with Crippen molar-refractivity contribution in [3.8, 4) is 11.5 Å². The molecule has 0 aliphatic carbocycles. The summed E-state index contributed by atoms with van der Waals surface area (Å²) in [5, 5.41) is 3.95. The minimum absolute atomic E-state index is 0.0248. The number of piperidine rings is 1. The van der Waals surface area contributed by atoms with E-state index >= 15 is 0 Å². The van der Waals surface area contributed by atoms with Gasteiger partial charge in [0.2, 0.25) is 5.89 Å². The highest BCUT2D eigenvalue weighted by molar-refractivity contribution is 5.97. The van der Waals surface area contributed by atoms with Gasteiger partial charge in [-0.2, -0.15) is 4.98 Å². The summed E-state index contributed by atoms with van der Waals surface area (Å²) in [5.74, 6) is 2.80. The van der Waals surface area contributed by atoms with Crippen molar-refractivity contribution in [1.82, 2.24) is 15.0 Å². The molecule has 2 aliphatic rings. The van der Waals surface area contributed by atoms with Gasteiger partial charge < -0.3 is 28.4 Å². The normalized spacial score (nSPS) is 20.3. The van der Waals surface area contributed by atoms with Crippen LogP contribution in [-0.2, 0) is 22.5 Å². The van der Waals surface area contributed by atoms with E-state index in [1.807, 2.05) is 4.90 Å². The fourth-order valence-corrected chi connectivity index (χ4v) is 4.72. The van der Waals surface area contributed by atoms with Crippen LogP contribution in [0.1, 0.15) is 47.8 Å². The second-order valence-electron chi connectivity index (χ2n) is 8.49. The monoisotopic (exact) mass is 445 g/mol. The molecule has 1 amide bonds. The molecular weight excluding hydrogens is 414 g/mol. The van der Waals surface area contributed by atoms with E-state index in [1.165, 1.54) is 0 Å². The molecule has 1 aromatic heterocycles. The van der Waals surface area contributed by atoms with Crippen molar-refractivity contribution >= 4 is 5.91 Å². The van der Waals surface area contributed by atoms with E-state index in [4.69, 9.17) is 23.5 Å². The van der Waals surface area contributed by atoms with Crippen molar-refractivity contribution < 1.29 is 28.3 Å². The summed E-state index contributed by atoms with van der Waals surface area (Å²) in [6.07, 6.45) is 4.27. The summed E-state index contributed by atoms with van der Waals surface area (Å²) in [7, 11) is 4.77. The molecule has 4 rings (SSSR count). The summed E-state index contributed by atoms with van der Waals surface area (Å²) < 4.78 is 27.3. The molecule has 2 saturated heterocycles. The van der Waals surface area contributed by atoms with Gasteiger partial charge in [0, 0.05) is 39.3 Å². The molecule has 2 fully saturated rings. The second kappa shape index (κ2) is 9.87. The van der Waals surface area contributed by atoms with Crippen molar-refractivity contribution in [2.75, 3.05) is 41.0 Å².